The van der Waals surface area contributed by atoms with Crippen LogP contribution in [0.15, 0.2) is 35.1 Å². The van der Waals surface area contributed by atoms with Crippen molar-refractivity contribution in [2.24, 2.45) is 13.0 Å². The number of nitrogens with zero attached hydrogens (tertiary/aromatic N) is 2. The van der Waals surface area contributed by atoms with E-state index in [1.54, 1.807) is 24.3 Å². The number of benzene rings is 1. The third-order valence-electron chi connectivity index (χ3n) is 3.80. The molecule has 0 saturated carbocycles. The van der Waals surface area contributed by atoms with E-state index in [4.69, 9.17) is 16.3 Å². The molecule has 1 aromatic carbocycles. The number of ether oxygens (including phenoxy) is 1. The zero-order valence-corrected chi connectivity index (χ0v) is 13.3. The molecule has 0 spiro atoms. The average molecular weight is 334 g/mol. The lowest BCUT2D eigenvalue weighted by molar-refractivity contribution is -0.138. The molecule has 1 fully saturated rings. The van der Waals surface area contributed by atoms with Crippen LogP contribution in [-0.4, -0.2) is 28.8 Å². The lowest BCUT2D eigenvalue weighted by atomic mass is 10.1. The van der Waals surface area contributed by atoms with E-state index in [1.807, 2.05) is 0 Å². The van der Waals surface area contributed by atoms with Gasteiger partial charge in [0.1, 0.15) is 0 Å². The molecule has 1 atom stereocenters. The van der Waals surface area contributed by atoms with E-state index in [9.17, 15) is 9.59 Å². The quantitative estimate of drug-likeness (QED) is 0.864. The van der Waals surface area contributed by atoms with E-state index in [0.717, 1.165) is 17.6 Å². The molecule has 7 heteroatoms. The smallest absolute Gasteiger partial charge is 0.317 e. The molecule has 23 heavy (non-hydrogen) atoms. The van der Waals surface area contributed by atoms with Gasteiger partial charge in [-0.25, -0.2) is 4.68 Å². The second-order valence-corrected chi connectivity index (χ2v) is 5.88. The Balaban J connectivity index is 1.97. The molecule has 3 rings (SSSR count). The molecule has 1 N–H and O–H groups in total. The second-order valence-electron chi connectivity index (χ2n) is 5.44. The third-order valence-corrected chi connectivity index (χ3v) is 4.06. The van der Waals surface area contributed by atoms with Gasteiger partial charge in [0, 0.05) is 24.7 Å². The SMILES string of the molecule is Cn1nc(OC(=O)C2CCNC2)c(-c2ccc(Cl)cc2)cc1=O. The lowest BCUT2D eigenvalue weighted by Crippen LogP contribution is -2.26. The van der Waals surface area contributed by atoms with Crippen molar-refractivity contribution in [3.8, 4) is 17.0 Å². The van der Waals surface area contributed by atoms with E-state index in [2.05, 4.69) is 10.4 Å². The van der Waals surface area contributed by atoms with Crippen LogP contribution in [0.2, 0.25) is 5.02 Å². The maximum Gasteiger partial charge on any atom is 0.317 e. The van der Waals surface area contributed by atoms with Gasteiger partial charge >= 0.3 is 5.97 Å². The van der Waals surface area contributed by atoms with E-state index < -0.39 is 0 Å². The van der Waals surface area contributed by atoms with Gasteiger partial charge in [0.05, 0.1) is 11.5 Å². The van der Waals surface area contributed by atoms with E-state index >= 15 is 0 Å². The molecule has 2 aromatic rings. The lowest BCUT2D eigenvalue weighted by Gasteiger charge is -2.12. The molecule has 0 bridgehead atoms. The number of aryl methyl sites for hydroxylation is 1. The monoisotopic (exact) mass is 333 g/mol. The summed E-state index contributed by atoms with van der Waals surface area (Å²) in [5, 5.41) is 7.80. The van der Waals surface area contributed by atoms with Crippen molar-refractivity contribution in [1.82, 2.24) is 15.1 Å². The van der Waals surface area contributed by atoms with Crippen LogP contribution in [0.4, 0.5) is 0 Å². The van der Waals surface area contributed by atoms with Crippen LogP contribution < -0.4 is 15.6 Å². The minimum absolute atomic E-state index is 0.131. The van der Waals surface area contributed by atoms with Crippen molar-refractivity contribution in [3.63, 3.8) is 0 Å². The van der Waals surface area contributed by atoms with Gasteiger partial charge in [-0.05, 0) is 30.7 Å². The summed E-state index contributed by atoms with van der Waals surface area (Å²) in [5.74, 6) is -0.394. The Hall–Kier alpha value is -2.18. The van der Waals surface area contributed by atoms with Gasteiger partial charge in [-0.2, -0.15) is 0 Å². The Morgan fingerprint density at radius 2 is 2.13 bits per heavy atom. The number of aromatic nitrogens is 2. The first-order chi connectivity index (χ1) is 11.0. The fraction of sp³-hybridized carbons (Fsp3) is 0.312. The molecule has 0 aliphatic carbocycles. The Labute approximate surface area is 138 Å². The number of hydrogen-bond acceptors (Lipinski definition) is 5. The van der Waals surface area contributed by atoms with E-state index in [1.165, 1.54) is 13.1 Å². The van der Waals surface area contributed by atoms with Crippen LogP contribution in [0.25, 0.3) is 11.1 Å². The normalized spacial score (nSPS) is 17.2. The second kappa shape index (κ2) is 6.52. The average Bonchev–Trinajstić information content (AvgIpc) is 3.06. The summed E-state index contributed by atoms with van der Waals surface area (Å²) in [5.41, 5.74) is 0.910. The van der Waals surface area contributed by atoms with Crippen molar-refractivity contribution in [1.29, 1.82) is 0 Å². The Bertz CT molecular complexity index is 780. The number of esters is 1. The molecule has 6 nitrogen and oxygen atoms in total. The minimum Gasteiger partial charge on any atom is -0.405 e. The molecule has 1 aromatic heterocycles. The zero-order valence-electron chi connectivity index (χ0n) is 12.6. The molecule has 1 aliphatic rings. The standard InChI is InChI=1S/C16H16ClN3O3/c1-20-14(21)8-13(10-2-4-12(17)5-3-10)15(19-20)23-16(22)11-6-7-18-9-11/h2-5,8,11,18H,6-7,9H2,1H3. The summed E-state index contributed by atoms with van der Waals surface area (Å²) in [7, 11) is 1.52. The molecule has 1 saturated heterocycles. The number of hydrogen-bond donors (Lipinski definition) is 1. The number of halogens is 1. The van der Waals surface area contributed by atoms with Gasteiger partial charge in [0.15, 0.2) is 0 Å². The first-order valence-electron chi connectivity index (χ1n) is 7.31. The summed E-state index contributed by atoms with van der Waals surface area (Å²) in [6, 6.07) is 8.34. The van der Waals surface area contributed by atoms with Crippen molar-refractivity contribution in [2.75, 3.05) is 13.1 Å². The van der Waals surface area contributed by atoms with Gasteiger partial charge in [0.25, 0.3) is 5.56 Å². The predicted molar refractivity (Wildman–Crippen MR) is 86.5 cm³/mol. The Morgan fingerprint density at radius 1 is 1.39 bits per heavy atom. The molecular weight excluding hydrogens is 318 g/mol. The van der Waals surface area contributed by atoms with E-state index in [0.29, 0.717) is 22.7 Å². The van der Waals surface area contributed by atoms with Gasteiger partial charge < -0.3 is 10.1 Å². The van der Waals surface area contributed by atoms with Crippen LogP contribution in [0.5, 0.6) is 5.88 Å². The topological polar surface area (TPSA) is 73.2 Å². The maximum absolute atomic E-state index is 12.2. The van der Waals surface area contributed by atoms with Crippen LogP contribution >= 0.6 is 11.6 Å². The van der Waals surface area contributed by atoms with Gasteiger partial charge in [-0.1, -0.05) is 23.7 Å². The molecule has 0 amide bonds. The highest BCUT2D eigenvalue weighted by molar-refractivity contribution is 6.30. The Kier molecular flexibility index (Phi) is 4.45. The molecular formula is C16H16ClN3O3. The van der Waals surface area contributed by atoms with Crippen molar-refractivity contribution in [2.45, 2.75) is 6.42 Å². The highest BCUT2D eigenvalue weighted by atomic mass is 35.5. The van der Waals surface area contributed by atoms with Gasteiger partial charge in [-0.15, -0.1) is 5.10 Å². The number of rotatable bonds is 3. The highest BCUT2D eigenvalue weighted by Gasteiger charge is 2.26. The summed E-state index contributed by atoms with van der Waals surface area (Å²) < 4.78 is 6.61. The van der Waals surface area contributed by atoms with E-state index in [-0.39, 0.29) is 23.3 Å². The van der Waals surface area contributed by atoms with Crippen molar-refractivity contribution in [3.05, 3.63) is 45.7 Å². The maximum atomic E-state index is 12.2. The van der Waals surface area contributed by atoms with Gasteiger partial charge in [-0.3, -0.25) is 9.59 Å². The molecule has 1 unspecified atom stereocenters. The van der Waals surface area contributed by atoms with Crippen molar-refractivity contribution >= 4 is 17.6 Å². The summed E-state index contributed by atoms with van der Waals surface area (Å²) in [6.07, 6.45) is 0.737. The van der Waals surface area contributed by atoms with Crippen LogP contribution in [0.3, 0.4) is 0 Å². The minimum atomic E-state index is -0.337. The first kappa shape index (κ1) is 15.7. The number of carbonyl (C=O) groups is 1. The zero-order chi connectivity index (χ0) is 16.4. The molecule has 1 aliphatic heterocycles. The molecule has 0 radical (unpaired) electrons. The molecule has 120 valence electrons. The predicted octanol–water partition coefficient (Wildman–Crippen LogP) is 1.62. The van der Waals surface area contributed by atoms with Gasteiger partial charge in [0.2, 0.25) is 5.88 Å². The summed E-state index contributed by atoms with van der Waals surface area (Å²) in [6.45, 7) is 1.39. The number of nitrogens with one attached hydrogen (secondary N) is 1. The number of carbonyl (C=O) groups excluding carboxylic acids is 1. The molecule has 2 heterocycles. The first-order valence-corrected chi connectivity index (χ1v) is 7.69. The van der Waals surface area contributed by atoms with Crippen molar-refractivity contribution < 1.29 is 9.53 Å². The fourth-order valence-corrected chi connectivity index (χ4v) is 2.59. The van der Waals surface area contributed by atoms with Crippen LogP contribution in [0, 0.1) is 5.92 Å². The summed E-state index contributed by atoms with van der Waals surface area (Å²) in [4.78, 5) is 24.1. The highest BCUT2D eigenvalue weighted by Crippen LogP contribution is 2.28. The largest absolute Gasteiger partial charge is 0.405 e. The van der Waals surface area contributed by atoms with Crippen LogP contribution in [-0.2, 0) is 11.8 Å². The van der Waals surface area contributed by atoms with Crippen LogP contribution in [0.1, 0.15) is 6.42 Å². The fourth-order valence-electron chi connectivity index (χ4n) is 2.46. The third kappa shape index (κ3) is 3.43. The Morgan fingerprint density at radius 3 is 2.78 bits per heavy atom. The summed E-state index contributed by atoms with van der Waals surface area (Å²) >= 11 is 5.89.